The van der Waals surface area contributed by atoms with E-state index in [-0.39, 0.29) is 11.4 Å². The number of Topliss-reactive ketones (excluding diaryl/α,β-unsaturated/α-hetero) is 1. The Hall–Kier alpha value is -0.190. The van der Waals surface area contributed by atoms with Gasteiger partial charge in [-0.2, -0.15) is 0 Å². The third-order valence-electron chi connectivity index (χ3n) is 2.22. The van der Waals surface area contributed by atoms with E-state index in [1.807, 2.05) is 25.3 Å². The molecule has 0 amide bonds. The van der Waals surface area contributed by atoms with Crippen LogP contribution in [0.1, 0.15) is 25.1 Å². The van der Waals surface area contributed by atoms with E-state index in [1.54, 1.807) is 18.4 Å². The van der Waals surface area contributed by atoms with Gasteiger partial charge >= 0.3 is 0 Å². The van der Waals surface area contributed by atoms with Crippen LogP contribution in [-0.2, 0) is 16.0 Å². The maximum Gasteiger partial charge on any atom is 0.140 e. The molecule has 4 heteroatoms. The van der Waals surface area contributed by atoms with Crippen molar-refractivity contribution >= 4 is 33.0 Å². The largest absolute Gasteiger partial charge is 0.378 e. The Kier molecular flexibility index (Phi) is 4.49. The second kappa shape index (κ2) is 5.23. The minimum Gasteiger partial charge on any atom is -0.378 e. The van der Waals surface area contributed by atoms with E-state index in [9.17, 15) is 4.79 Å². The molecule has 0 aliphatic rings. The van der Waals surface area contributed by atoms with Crippen molar-refractivity contribution in [2.24, 2.45) is 0 Å². The third-order valence-corrected chi connectivity index (χ3v) is 4.15. The van der Waals surface area contributed by atoms with Gasteiger partial charge < -0.3 is 4.74 Å². The molecule has 0 bridgehead atoms. The molecular formula is C11H15BrO2S. The highest BCUT2D eigenvalue weighted by molar-refractivity contribution is 9.10. The summed E-state index contributed by atoms with van der Waals surface area (Å²) in [5.41, 5.74) is -0.360. The summed E-state index contributed by atoms with van der Waals surface area (Å²) < 4.78 is 6.25. The van der Waals surface area contributed by atoms with Crippen LogP contribution in [0.5, 0.6) is 0 Å². The zero-order chi connectivity index (χ0) is 11.5. The lowest BCUT2D eigenvalue weighted by Crippen LogP contribution is -2.27. The van der Waals surface area contributed by atoms with E-state index < -0.39 is 0 Å². The predicted molar refractivity (Wildman–Crippen MR) is 66.4 cm³/mol. The van der Waals surface area contributed by atoms with Gasteiger partial charge in [0.05, 0.1) is 5.60 Å². The molecule has 1 heterocycles. The van der Waals surface area contributed by atoms with Crippen LogP contribution in [0.3, 0.4) is 0 Å². The monoisotopic (exact) mass is 290 g/mol. The molecule has 0 fully saturated rings. The Morgan fingerprint density at radius 1 is 1.60 bits per heavy atom. The van der Waals surface area contributed by atoms with Crippen molar-refractivity contribution in [3.8, 4) is 0 Å². The van der Waals surface area contributed by atoms with Crippen molar-refractivity contribution in [3.05, 3.63) is 20.8 Å². The third kappa shape index (κ3) is 4.05. The molecule has 15 heavy (non-hydrogen) atoms. The van der Waals surface area contributed by atoms with Crippen LogP contribution in [0, 0.1) is 0 Å². The molecule has 1 rings (SSSR count). The van der Waals surface area contributed by atoms with Crippen molar-refractivity contribution in [3.63, 3.8) is 0 Å². The van der Waals surface area contributed by atoms with Gasteiger partial charge in [-0.3, -0.25) is 4.79 Å². The van der Waals surface area contributed by atoms with Crippen LogP contribution in [-0.4, -0.2) is 18.5 Å². The van der Waals surface area contributed by atoms with Crippen LogP contribution in [0.4, 0.5) is 0 Å². The molecule has 0 unspecified atom stereocenters. The van der Waals surface area contributed by atoms with E-state index in [2.05, 4.69) is 15.9 Å². The average Bonchev–Trinajstić information content (AvgIpc) is 2.51. The van der Waals surface area contributed by atoms with Gasteiger partial charge in [0.2, 0.25) is 0 Å². The zero-order valence-electron chi connectivity index (χ0n) is 9.17. The Labute approximate surface area is 103 Å². The lowest BCUT2D eigenvalue weighted by atomic mass is 10.00. The van der Waals surface area contributed by atoms with Crippen LogP contribution in [0.25, 0.3) is 0 Å². The Balaban J connectivity index is 2.54. The maximum atomic E-state index is 11.7. The van der Waals surface area contributed by atoms with Crippen molar-refractivity contribution < 1.29 is 9.53 Å². The molecule has 0 N–H and O–H groups in total. The van der Waals surface area contributed by atoms with Gasteiger partial charge in [0.1, 0.15) is 5.78 Å². The SMILES string of the molecule is COC(C)(C)CC(=O)Cc1sccc1Br. The molecule has 0 saturated carbocycles. The summed E-state index contributed by atoms with van der Waals surface area (Å²) in [6.45, 7) is 3.85. The van der Waals surface area contributed by atoms with E-state index in [1.165, 1.54) is 0 Å². The fraction of sp³-hybridized carbons (Fsp3) is 0.545. The van der Waals surface area contributed by atoms with Crippen molar-refractivity contribution in [1.82, 2.24) is 0 Å². The summed E-state index contributed by atoms with van der Waals surface area (Å²) in [4.78, 5) is 12.8. The Morgan fingerprint density at radius 2 is 2.27 bits per heavy atom. The standard InChI is InChI=1S/C11H15BrO2S/c1-11(2,14-3)7-8(13)6-10-9(12)4-5-15-10/h4-5H,6-7H2,1-3H3. The molecule has 0 aliphatic carbocycles. The van der Waals surface area contributed by atoms with Gasteiger partial charge in [-0.15, -0.1) is 11.3 Å². The van der Waals surface area contributed by atoms with Crippen LogP contribution in [0.15, 0.2) is 15.9 Å². The number of methoxy groups -OCH3 is 1. The summed E-state index contributed by atoms with van der Waals surface area (Å²) >= 11 is 5.02. The fourth-order valence-electron chi connectivity index (χ4n) is 1.24. The Bertz CT molecular complexity index is 344. The molecule has 0 aromatic carbocycles. The molecule has 0 atom stereocenters. The zero-order valence-corrected chi connectivity index (χ0v) is 11.6. The minimum absolute atomic E-state index is 0.213. The normalized spacial score (nSPS) is 11.7. The topological polar surface area (TPSA) is 26.3 Å². The lowest BCUT2D eigenvalue weighted by Gasteiger charge is -2.21. The molecule has 0 aliphatic heterocycles. The number of ketones is 1. The maximum absolute atomic E-state index is 11.7. The molecular weight excluding hydrogens is 276 g/mol. The van der Waals surface area contributed by atoms with E-state index in [4.69, 9.17) is 4.74 Å². The second-order valence-electron chi connectivity index (χ2n) is 4.05. The number of ether oxygens (including phenoxy) is 1. The first-order valence-corrected chi connectivity index (χ1v) is 6.40. The van der Waals surface area contributed by atoms with E-state index >= 15 is 0 Å². The molecule has 0 radical (unpaired) electrons. The minimum atomic E-state index is -0.360. The summed E-state index contributed by atoms with van der Waals surface area (Å²) in [6.07, 6.45) is 0.943. The number of carbonyl (C=O) groups excluding carboxylic acids is 1. The number of thiophene rings is 1. The van der Waals surface area contributed by atoms with Crippen LogP contribution >= 0.6 is 27.3 Å². The average molecular weight is 291 g/mol. The van der Waals surface area contributed by atoms with Crippen molar-refractivity contribution in [1.29, 1.82) is 0 Å². The van der Waals surface area contributed by atoms with Gasteiger partial charge in [0.15, 0.2) is 0 Å². The number of rotatable bonds is 5. The fourth-order valence-corrected chi connectivity index (χ4v) is 2.76. The van der Waals surface area contributed by atoms with Gasteiger partial charge in [-0.25, -0.2) is 0 Å². The second-order valence-corrected chi connectivity index (χ2v) is 5.90. The van der Waals surface area contributed by atoms with Gasteiger partial charge in [-0.05, 0) is 41.2 Å². The van der Waals surface area contributed by atoms with Crippen molar-refractivity contribution in [2.75, 3.05) is 7.11 Å². The number of hydrogen-bond acceptors (Lipinski definition) is 3. The number of halogens is 1. The molecule has 1 aromatic heterocycles. The molecule has 1 aromatic rings. The van der Waals surface area contributed by atoms with Gasteiger partial charge in [0.25, 0.3) is 0 Å². The van der Waals surface area contributed by atoms with Crippen LogP contribution < -0.4 is 0 Å². The molecule has 0 saturated heterocycles. The molecule has 84 valence electrons. The first-order valence-electron chi connectivity index (χ1n) is 4.73. The smallest absolute Gasteiger partial charge is 0.140 e. The van der Waals surface area contributed by atoms with Gasteiger partial charge in [-0.1, -0.05) is 0 Å². The highest BCUT2D eigenvalue weighted by atomic mass is 79.9. The van der Waals surface area contributed by atoms with Crippen molar-refractivity contribution in [2.45, 2.75) is 32.3 Å². The van der Waals surface area contributed by atoms with Gasteiger partial charge in [0, 0.05) is 29.3 Å². The lowest BCUT2D eigenvalue weighted by molar-refractivity contribution is -0.123. The Morgan fingerprint density at radius 3 is 2.73 bits per heavy atom. The summed E-state index contributed by atoms with van der Waals surface area (Å²) in [5.74, 6) is 0.213. The quantitative estimate of drug-likeness (QED) is 0.830. The number of carbonyl (C=O) groups is 1. The molecule has 0 spiro atoms. The summed E-state index contributed by atoms with van der Waals surface area (Å²) in [6, 6.07) is 1.97. The summed E-state index contributed by atoms with van der Waals surface area (Å²) in [5, 5.41) is 1.98. The number of hydrogen-bond donors (Lipinski definition) is 0. The van der Waals surface area contributed by atoms with Crippen LogP contribution in [0.2, 0.25) is 0 Å². The first-order chi connectivity index (χ1) is 6.94. The highest BCUT2D eigenvalue weighted by Crippen LogP contribution is 2.24. The first kappa shape index (κ1) is 12.9. The highest BCUT2D eigenvalue weighted by Gasteiger charge is 2.21. The predicted octanol–water partition coefficient (Wildman–Crippen LogP) is 3.44. The molecule has 2 nitrogen and oxygen atoms in total. The van der Waals surface area contributed by atoms with E-state index in [0.717, 1.165) is 9.35 Å². The van der Waals surface area contributed by atoms with E-state index in [0.29, 0.717) is 12.8 Å². The summed E-state index contributed by atoms with van der Waals surface area (Å²) in [7, 11) is 1.63.